The molecule has 0 unspecified atom stereocenters. The number of amides is 3. The van der Waals surface area contributed by atoms with Gasteiger partial charge in [0, 0.05) is 6.54 Å². The van der Waals surface area contributed by atoms with Crippen molar-refractivity contribution in [2.45, 2.75) is 38.8 Å². The zero-order chi connectivity index (χ0) is 20.4. The minimum atomic E-state index is -1.08. The van der Waals surface area contributed by atoms with Gasteiger partial charge < -0.3 is 26.2 Å². The number of primary amides is 1. The lowest BCUT2D eigenvalue weighted by Gasteiger charge is -2.19. The maximum Gasteiger partial charge on any atom is 0.407 e. The molecule has 0 aliphatic carbocycles. The van der Waals surface area contributed by atoms with Gasteiger partial charge in [-0.3, -0.25) is 0 Å². The molecule has 150 valence electrons. The summed E-state index contributed by atoms with van der Waals surface area (Å²) in [5.41, 5.74) is 5.39. The highest BCUT2D eigenvalue weighted by molar-refractivity contribution is 5.72. The molecule has 0 fully saturated rings. The average Bonchev–Trinajstić information content (AvgIpc) is 3.05. The Kier molecular flexibility index (Phi) is 8.76. The van der Waals surface area contributed by atoms with Crippen molar-refractivity contribution >= 4 is 18.1 Å². The van der Waals surface area contributed by atoms with Gasteiger partial charge in [0.25, 0.3) is 0 Å². The number of nitrogens with one attached hydrogen (secondary N) is 2. The first-order valence-electron chi connectivity index (χ1n) is 8.48. The van der Waals surface area contributed by atoms with Crippen molar-refractivity contribution in [1.82, 2.24) is 25.6 Å². The van der Waals surface area contributed by atoms with E-state index in [0.717, 1.165) is 0 Å². The van der Waals surface area contributed by atoms with Crippen molar-refractivity contribution in [3.05, 3.63) is 24.5 Å². The van der Waals surface area contributed by atoms with E-state index in [1.807, 2.05) is 13.8 Å². The first-order valence-corrected chi connectivity index (χ1v) is 8.48. The van der Waals surface area contributed by atoms with Crippen LogP contribution >= 0.6 is 0 Å². The third-order valence-electron chi connectivity index (χ3n) is 3.68. The molecule has 0 aliphatic rings. The Labute approximate surface area is 156 Å². The predicted octanol–water partition coefficient (Wildman–Crippen LogP) is 0.962. The van der Waals surface area contributed by atoms with Crippen molar-refractivity contribution < 1.29 is 24.2 Å². The second kappa shape index (κ2) is 10.8. The van der Waals surface area contributed by atoms with Crippen LogP contribution in [0.25, 0.3) is 0 Å². The van der Waals surface area contributed by atoms with Gasteiger partial charge >= 0.3 is 18.1 Å². The number of aliphatic carboxylic acids is 1. The molecule has 11 nitrogen and oxygen atoms in total. The molecule has 1 aromatic heterocycles. The van der Waals surface area contributed by atoms with Crippen LogP contribution in [0, 0.1) is 5.92 Å². The first kappa shape index (κ1) is 21.9. The summed E-state index contributed by atoms with van der Waals surface area (Å²) >= 11 is 0. The topological polar surface area (TPSA) is 161 Å². The van der Waals surface area contributed by atoms with Gasteiger partial charge in [0.1, 0.15) is 12.3 Å². The van der Waals surface area contributed by atoms with Crippen LogP contribution in [0.5, 0.6) is 0 Å². The molecule has 2 atom stereocenters. The summed E-state index contributed by atoms with van der Waals surface area (Å²) in [6.07, 6.45) is 2.92. The van der Waals surface area contributed by atoms with E-state index in [1.54, 1.807) is 0 Å². The molecule has 3 amide bonds. The van der Waals surface area contributed by atoms with Crippen molar-refractivity contribution in [3.8, 4) is 0 Å². The molecule has 0 radical (unpaired) electrons. The summed E-state index contributed by atoms with van der Waals surface area (Å²) in [6.45, 7) is 7.55. The van der Waals surface area contributed by atoms with E-state index >= 15 is 0 Å². The molecule has 0 saturated carbocycles. The van der Waals surface area contributed by atoms with E-state index in [-0.39, 0.29) is 25.5 Å². The molecule has 0 bridgehead atoms. The van der Waals surface area contributed by atoms with E-state index < -0.39 is 30.2 Å². The van der Waals surface area contributed by atoms with Gasteiger partial charge in [-0.15, -0.1) is 5.10 Å². The minimum absolute atomic E-state index is 0.0329. The Balaban J connectivity index is 2.82. The number of nitrogens with two attached hydrogens (primary N) is 1. The monoisotopic (exact) mass is 382 g/mol. The molecule has 5 N–H and O–H groups in total. The Morgan fingerprint density at radius 1 is 1.44 bits per heavy atom. The van der Waals surface area contributed by atoms with Crippen molar-refractivity contribution in [3.63, 3.8) is 0 Å². The molecule has 1 rings (SSSR count). The zero-order valence-corrected chi connectivity index (χ0v) is 15.4. The Morgan fingerprint density at radius 3 is 2.70 bits per heavy atom. The molecular weight excluding hydrogens is 356 g/mol. The SMILES string of the molecule is C=CCOC(=O)N[C@H](c1cn([C@@H](CCCNC(N)=O)C(=O)O)nn1)C(C)C. The number of urea groups is 1. The number of aromatic nitrogens is 3. The van der Waals surface area contributed by atoms with E-state index in [9.17, 15) is 19.5 Å². The number of alkyl carbamates (subject to hydrolysis) is 1. The molecular formula is C16H26N6O5. The minimum Gasteiger partial charge on any atom is -0.480 e. The maximum absolute atomic E-state index is 11.8. The van der Waals surface area contributed by atoms with Crippen LogP contribution in [0.3, 0.4) is 0 Å². The third kappa shape index (κ3) is 7.34. The lowest BCUT2D eigenvalue weighted by Crippen LogP contribution is -2.32. The summed E-state index contributed by atoms with van der Waals surface area (Å²) in [5.74, 6) is -1.11. The van der Waals surface area contributed by atoms with Crippen LogP contribution in [0.1, 0.15) is 44.5 Å². The number of nitrogens with zero attached hydrogens (tertiary/aromatic N) is 3. The van der Waals surface area contributed by atoms with Gasteiger partial charge in [0.05, 0.1) is 12.2 Å². The fourth-order valence-electron chi connectivity index (χ4n) is 2.35. The molecule has 0 spiro atoms. The van der Waals surface area contributed by atoms with Crippen molar-refractivity contribution in [1.29, 1.82) is 0 Å². The van der Waals surface area contributed by atoms with Crippen molar-refractivity contribution in [2.24, 2.45) is 11.7 Å². The number of ether oxygens (including phenoxy) is 1. The number of carboxylic acid groups (broad SMARTS) is 1. The largest absolute Gasteiger partial charge is 0.480 e. The maximum atomic E-state index is 11.8. The zero-order valence-electron chi connectivity index (χ0n) is 15.4. The quantitative estimate of drug-likeness (QED) is 0.327. The highest BCUT2D eigenvalue weighted by Gasteiger charge is 2.26. The number of hydrogen-bond acceptors (Lipinski definition) is 6. The number of hydrogen-bond donors (Lipinski definition) is 4. The van der Waals surface area contributed by atoms with Crippen LogP contribution in [-0.2, 0) is 9.53 Å². The van der Waals surface area contributed by atoms with Gasteiger partial charge in [-0.2, -0.15) is 0 Å². The highest BCUT2D eigenvalue weighted by Crippen LogP contribution is 2.21. The van der Waals surface area contributed by atoms with Crippen LogP contribution in [0.15, 0.2) is 18.9 Å². The smallest absolute Gasteiger partial charge is 0.407 e. The fourth-order valence-corrected chi connectivity index (χ4v) is 2.35. The summed E-state index contributed by atoms with van der Waals surface area (Å²) < 4.78 is 6.14. The lowest BCUT2D eigenvalue weighted by atomic mass is 10.0. The Morgan fingerprint density at radius 2 is 2.15 bits per heavy atom. The second-order valence-electron chi connectivity index (χ2n) is 6.16. The number of carbonyl (C=O) groups is 3. The molecule has 27 heavy (non-hydrogen) atoms. The summed E-state index contributed by atoms with van der Waals surface area (Å²) in [7, 11) is 0. The van der Waals surface area contributed by atoms with Gasteiger partial charge in [0.15, 0.2) is 6.04 Å². The molecule has 1 heterocycles. The van der Waals surface area contributed by atoms with Gasteiger partial charge in [-0.25, -0.2) is 19.1 Å². The Hall–Kier alpha value is -3.11. The van der Waals surface area contributed by atoms with Crippen LogP contribution in [-0.4, -0.2) is 51.3 Å². The second-order valence-corrected chi connectivity index (χ2v) is 6.16. The summed E-state index contributed by atoms with van der Waals surface area (Å²) in [4.78, 5) is 34.0. The first-order chi connectivity index (χ1) is 12.8. The van der Waals surface area contributed by atoms with E-state index in [2.05, 4.69) is 27.5 Å². The molecule has 0 saturated heterocycles. The Bertz CT molecular complexity index is 659. The van der Waals surface area contributed by atoms with Crippen molar-refractivity contribution in [2.75, 3.05) is 13.2 Å². The molecule has 1 aromatic rings. The average molecular weight is 382 g/mol. The molecule has 11 heteroatoms. The van der Waals surface area contributed by atoms with Gasteiger partial charge in [-0.05, 0) is 18.8 Å². The number of rotatable bonds is 11. The van der Waals surface area contributed by atoms with Crippen LogP contribution in [0.2, 0.25) is 0 Å². The van der Waals surface area contributed by atoms with Gasteiger partial charge in [0.2, 0.25) is 0 Å². The van der Waals surface area contributed by atoms with Crippen LogP contribution in [0.4, 0.5) is 9.59 Å². The van der Waals surface area contributed by atoms with Crippen LogP contribution < -0.4 is 16.4 Å². The highest BCUT2D eigenvalue weighted by atomic mass is 16.5. The third-order valence-corrected chi connectivity index (χ3v) is 3.68. The molecule has 0 aromatic carbocycles. The van der Waals surface area contributed by atoms with E-state index in [4.69, 9.17) is 10.5 Å². The number of carbonyl (C=O) groups excluding carboxylic acids is 2. The number of carboxylic acids is 1. The summed E-state index contributed by atoms with van der Waals surface area (Å²) in [6, 6.07) is -2.12. The lowest BCUT2D eigenvalue weighted by molar-refractivity contribution is -0.141. The van der Waals surface area contributed by atoms with Gasteiger partial charge in [-0.1, -0.05) is 31.7 Å². The normalized spacial score (nSPS) is 12.9. The van der Waals surface area contributed by atoms with E-state index in [1.165, 1.54) is 17.0 Å². The summed E-state index contributed by atoms with van der Waals surface area (Å²) in [5, 5.41) is 22.4. The molecule has 0 aliphatic heterocycles. The standard InChI is InChI=1S/C16H26N6O5/c1-4-8-27-16(26)19-13(10(2)3)11-9-22(21-20-11)12(14(23)24)6-5-7-18-15(17)25/h4,9-10,12-13H,1,5-8H2,2-3H3,(H,19,26)(H,23,24)(H3,17,18,25)/t12-,13-/m0/s1. The predicted molar refractivity (Wildman–Crippen MR) is 95.8 cm³/mol. The van der Waals surface area contributed by atoms with E-state index in [0.29, 0.717) is 12.1 Å². The fraction of sp³-hybridized carbons (Fsp3) is 0.562.